The fourth-order valence-electron chi connectivity index (χ4n) is 4.52. The van der Waals surface area contributed by atoms with Crippen molar-refractivity contribution in [3.8, 4) is 0 Å². The van der Waals surface area contributed by atoms with Crippen LogP contribution in [0.2, 0.25) is 0 Å². The molecule has 1 aliphatic rings. The molecule has 0 atom stereocenters. The van der Waals surface area contributed by atoms with Gasteiger partial charge in [0.2, 0.25) is 5.95 Å². The Balaban J connectivity index is 1.34. The zero-order valence-corrected chi connectivity index (χ0v) is 18.9. The molecule has 4 aromatic rings. The van der Waals surface area contributed by atoms with E-state index in [4.69, 9.17) is 4.42 Å². The third-order valence-corrected chi connectivity index (χ3v) is 6.29. The van der Waals surface area contributed by atoms with Gasteiger partial charge >= 0.3 is 5.97 Å². The number of hydrogen-bond donors (Lipinski definition) is 3. The summed E-state index contributed by atoms with van der Waals surface area (Å²) in [5.74, 6) is 1.39. The number of nitrogens with one attached hydrogen (secondary N) is 2. The minimum atomic E-state index is -0.962. The van der Waals surface area contributed by atoms with Crippen LogP contribution in [0.3, 0.4) is 0 Å². The monoisotopic (exact) mass is 460 g/mol. The van der Waals surface area contributed by atoms with E-state index in [1.165, 1.54) is 48.6 Å². The Hall–Kier alpha value is -3.88. The lowest BCUT2D eigenvalue weighted by molar-refractivity contribution is -0.137. The Morgan fingerprint density at radius 3 is 2.62 bits per heavy atom. The highest BCUT2D eigenvalue weighted by atomic mass is 16.4. The Bertz CT molecular complexity index is 1240. The molecule has 1 saturated carbocycles. The molecule has 0 amide bonds. The quantitative estimate of drug-likeness (QED) is 0.327. The molecular formula is C25H28N6O3. The van der Waals surface area contributed by atoms with Crippen molar-refractivity contribution in [2.24, 2.45) is 0 Å². The number of imidazole rings is 1. The van der Waals surface area contributed by atoms with Gasteiger partial charge in [0, 0.05) is 6.54 Å². The van der Waals surface area contributed by atoms with Crippen LogP contribution in [0.4, 0.5) is 11.8 Å². The van der Waals surface area contributed by atoms with Crippen LogP contribution in [-0.4, -0.2) is 30.6 Å². The molecule has 5 rings (SSSR count). The number of benzene rings is 1. The van der Waals surface area contributed by atoms with Crippen molar-refractivity contribution in [2.45, 2.75) is 57.7 Å². The summed E-state index contributed by atoms with van der Waals surface area (Å²) in [6.07, 6.45) is 9.64. The number of hydrogen-bond acceptors (Lipinski definition) is 7. The molecule has 3 aromatic heterocycles. The maximum absolute atomic E-state index is 11.3. The fourth-order valence-corrected chi connectivity index (χ4v) is 4.52. The van der Waals surface area contributed by atoms with Crippen molar-refractivity contribution in [2.75, 3.05) is 10.6 Å². The van der Waals surface area contributed by atoms with Gasteiger partial charge < -0.3 is 24.7 Å². The first kappa shape index (κ1) is 21.9. The molecule has 1 fully saturated rings. The van der Waals surface area contributed by atoms with Gasteiger partial charge in [-0.3, -0.25) is 4.79 Å². The number of carboxylic acids is 1. The zero-order valence-electron chi connectivity index (χ0n) is 18.9. The Labute approximate surface area is 197 Å². The normalized spacial score (nSPS) is 14.4. The smallest absolute Gasteiger partial charge is 0.323 e. The molecule has 0 bridgehead atoms. The molecule has 34 heavy (non-hydrogen) atoms. The second kappa shape index (κ2) is 9.94. The fraction of sp³-hybridized carbons (Fsp3) is 0.360. The maximum atomic E-state index is 11.3. The first-order valence-corrected chi connectivity index (χ1v) is 11.7. The van der Waals surface area contributed by atoms with Gasteiger partial charge in [0.1, 0.15) is 12.3 Å². The van der Waals surface area contributed by atoms with Crippen LogP contribution < -0.4 is 10.6 Å². The topological polar surface area (TPSA) is 118 Å². The second-order valence-corrected chi connectivity index (χ2v) is 8.70. The molecule has 0 spiro atoms. The van der Waals surface area contributed by atoms with Crippen LogP contribution in [0.5, 0.6) is 0 Å². The van der Waals surface area contributed by atoms with Crippen LogP contribution in [0.25, 0.3) is 11.2 Å². The van der Waals surface area contributed by atoms with Gasteiger partial charge in [-0.1, -0.05) is 43.5 Å². The summed E-state index contributed by atoms with van der Waals surface area (Å²) < 4.78 is 6.89. The number of rotatable bonds is 9. The van der Waals surface area contributed by atoms with E-state index in [1.54, 1.807) is 6.26 Å². The molecule has 0 saturated heterocycles. The van der Waals surface area contributed by atoms with Crippen molar-refractivity contribution in [3.63, 3.8) is 0 Å². The summed E-state index contributed by atoms with van der Waals surface area (Å²) in [7, 11) is 0. The van der Waals surface area contributed by atoms with Crippen molar-refractivity contribution >= 4 is 28.9 Å². The van der Waals surface area contributed by atoms with Crippen molar-refractivity contribution in [3.05, 3.63) is 65.9 Å². The molecule has 9 nitrogen and oxygen atoms in total. The van der Waals surface area contributed by atoms with Gasteiger partial charge in [0.15, 0.2) is 17.0 Å². The van der Waals surface area contributed by atoms with Gasteiger partial charge in [0.05, 0.1) is 19.1 Å². The van der Waals surface area contributed by atoms with E-state index in [0.717, 1.165) is 11.3 Å². The molecule has 3 N–H and O–H groups in total. The Kier molecular flexibility index (Phi) is 6.42. The first-order valence-electron chi connectivity index (χ1n) is 11.7. The first-order chi connectivity index (χ1) is 16.7. The van der Waals surface area contributed by atoms with Crippen molar-refractivity contribution in [1.29, 1.82) is 0 Å². The highest BCUT2D eigenvalue weighted by Crippen LogP contribution is 2.32. The molecule has 176 valence electrons. The van der Waals surface area contributed by atoms with Gasteiger partial charge in [-0.05, 0) is 42.0 Å². The van der Waals surface area contributed by atoms with E-state index < -0.39 is 5.97 Å². The predicted molar refractivity (Wildman–Crippen MR) is 129 cm³/mol. The molecule has 1 aliphatic carbocycles. The number of carboxylic acid groups (broad SMARTS) is 1. The van der Waals surface area contributed by atoms with E-state index in [0.29, 0.717) is 41.9 Å². The van der Waals surface area contributed by atoms with Crippen LogP contribution in [0.15, 0.2) is 53.4 Å². The van der Waals surface area contributed by atoms with Crippen LogP contribution >= 0.6 is 0 Å². The number of fused-ring (bicyclic) bond motifs is 1. The zero-order chi connectivity index (χ0) is 23.3. The summed E-state index contributed by atoms with van der Waals surface area (Å²) >= 11 is 0. The van der Waals surface area contributed by atoms with E-state index in [1.807, 2.05) is 12.1 Å². The Morgan fingerprint density at radius 1 is 1.06 bits per heavy atom. The summed E-state index contributed by atoms with van der Waals surface area (Å²) in [4.78, 5) is 24.8. The molecule has 9 heteroatoms. The number of carbonyl (C=O) groups is 1. The lowest BCUT2D eigenvalue weighted by Gasteiger charge is -2.22. The van der Waals surface area contributed by atoms with Gasteiger partial charge in [0.25, 0.3) is 0 Å². The minimum absolute atomic E-state index is 0.229. The molecule has 0 aliphatic heterocycles. The van der Waals surface area contributed by atoms with Crippen LogP contribution in [0.1, 0.15) is 54.9 Å². The van der Waals surface area contributed by atoms with Gasteiger partial charge in [-0.25, -0.2) is 4.98 Å². The number of aliphatic carboxylic acids is 1. The average Bonchev–Trinajstić information content (AvgIpc) is 3.52. The van der Waals surface area contributed by atoms with E-state index >= 15 is 0 Å². The van der Waals surface area contributed by atoms with Gasteiger partial charge in [-0.2, -0.15) is 9.97 Å². The molecule has 0 radical (unpaired) electrons. The second-order valence-electron chi connectivity index (χ2n) is 8.70. The molecule has 1 aromatic carbocycles. The number of nitrogens with zero attached hydrogens (tertiary/aromatic N) is 4. The maximum Gasteiger partial charge on any atom is 0.323 e. The number of anilines is 2. The van der Waals surface area contributed by atoms with E-state index in [9.17, 15) is 9.90 Å². The third-order valence-electron chi connectivity index (χ3n) is 6.29. The standard InChI is InChI=1S/C25H28N6O3/c32-21(33)15-31-16-28-22-23(26-14-20-7-4-12-34-20)29-25(30-24(22)31)27-13-17-8-10-19(11-9-17)18-5-2-1-3-6-18/h4,7-12,16,18H,1-3,5-6,13-15H2,(H,32,33)(H2,26,27,29,30). The lowest BCUT2D eigenvalue weighted by atomic mass is 9.84. The largest absolute Gasteiger partial charge is 0.480 e. The average molecular weight is 461 g/mol. The van der Waals surface area contributed by atoms with E-state index in [-0.39, 0.29) is 6.54 Å². The lowest BCUT2D eigenvalue weighted by Crippen LogP contribution is -2.11. The number of furan rings is 1. The third kappa shape index (κ3) is 5.03. The van der Waals surface area contributed by atoms with E-state index in [2.05, 4.69) is 49.9 Å². The van der Waals surface area contributed by atoms with Crippen molar-refractivity contribution < 1.29 is 14.3 Å². The van der Waals surface area contributed by atoms with Crippen LogP contribution in [-0.2, 0) is 24.4 Å². The number of aromatic nitrogens is 4. The summed E-state index contributed by atoms with van der Waals surface area (Å²) in [6, 6.07) is 12.5. The highest BCUT2D eigenvalue weighted by Gasteiger charge is 2.17. The summed E-state index contributed by atoms with van der Waals surface area (Å²) in [6.45, 7) is 0.751. The van der Waals surface area contributed by atoms with Crippen LogP contribution in [0, 0.1) is 0 Å². The predicted octanol–water partition coefficient (Wildman–Crippen LogP) is 4.78. The Morgan fingerprint density at radius 2 is 1.88 bits per heavy atom. The molecule has 3 heterocycles. The summed E-state index contributed by atoms with van der Waals surface area (Å²) in [5.41, 5.74) is 3.51. The molecule has 0 unspecified atom stereocenters. The highest BCUT2D eigenvalue weighted by molar-refractivity contribution is 5.85. The summed E-state index contributed by atoms with van der Waals surface area (Å²) in [5, 5.41) is 15.8. The van der Waals surface area contributed by atoms with Crippen molar-refractivity contribution in [1.82, 2.24) is 19.5 Å². The minimum Gasteiger partial charge on any atom is -0.480 e. The SMILES string of the molecule is O=C(O)Cn1cnc2c(NCc3ccco3)nc(NCc3ccc(C4CCCCC4)cc3)nc21. The van der Waals surface area contributed by atoms with Gasteiger partial charge in [-0.15, -0.1) is 0 Å². The molecular weight excluding hydrogens is 432 g/mol.